The first kappa shape index (κ1) is 14.3. The summed E-state index contributed by atoms with van der Waals surface area (Å²) in [4.78, 5) is 2.30. The molecule has 0 rings (SSSR count). The summed E-state index contributed by atoms with van der Waals surface area (Å²) in [6.45, 7) is 11.5. The molecule has 0 aromatic heterocycles. The third-order valence-corrected chi connectivity index (χ3v) is 2.91. The van der Waals surface area contributed by atoms with Crippen LogP contribution in [-0.2, 0) is 4.74 Å². The highest BCUT2D eigenvalue weighted by Gasteiger charge is 2.17. The van der Waals surface area contributed by atoms with Crippen LogP contribution in [0.3, 0.4) is 0 Å². The molecule has 0 unspecified atom stereocenters. The van der Waals surface area contributed by atoms with Crippen molar-refractivity contribution in [2.24, 2.45) is 5.41 Å². The molecule has 86 valence electrons. The predicted octanol–water partition coefficient (Wildman–Crippen LogP) is 2.30. The van der Waals surface area contributed by atoms with Crippen LogP contribution in [0.2, 0.25) is 0 Å². The summed E-state index contributed by atoms with van der Waals surface area (Å²) < 4.78 is 5.50. The van der Waals surface area contributed by atoms with Crippen molar-refractivity contribution in [2.45, 2.75) is 33.8 Å². The van der Waals surface area contributed by atoms with Gasteiger partial charge in [-0.15, -0.1) is 0 Å². The molecule has 0 heterocycles. The number of likely N-dealkylation sites (N-methyl/N-ethyl adjacent to an activating group) is 1. The van der Waals surface area contributed by atoms with Crippen molar-refractivity contribution in [1.29, 1.82) is 0 Å². The summed E-state index contributed by atoms with van der Waals surface area (Å²) in [7, 11) is 2.13. The lowest BCUT2D eigenvalue weighted by Crippen LogP contribution is -2.35. The second-order valence-electron chi connectivity index (χ2n) is 4.98. The molecule has 3 heteroatoms. The molecule has 0 saturated carbocycles. The van der Waals surface area contributed by atoms with E-state index in [4.69, 9.17) is 4.74 Å². The van der Waals surface area contributed by atoms with Gasteiger partial charge in [0.25, 0.3) is 0 Å². The molecule has 14 heavy (non-hydrogen) atoms. The minimum Gasteiger partial charge on any atom is -0.377 e. The molecule has 0 spiro atoms. The minimum absolute atomic E-state index is 0.287. The molecule has 0 N–H and O–H groups in total. The zero-order chi connectivity index (χ0) is 11.2. The van der Waals surface area contributed by atoms with E-state index in [1.165, 1.54) is 0 Å². The van der Waals surface area contributed by atoms with E-state index < -0.39 is 0 Å². The lowest BCUT2D eigenvalue weighted by Gasteiger charge is -2.28. The Kier molecular flexibility index (Phi) is 6.83. The predicted molar refractivity (Wildman–Crippen MR) is 66.2 cm³/mol. The Balaban J connectivity index is 3.60. The largest absolute Gasteiger partial charge is 0.377 e. The minimum atomic E-state index is 0.287. The Labute approximate surface area is 94.4 Å². The fourth-order valence-corrected chi connectivity index (χ4v) is 1.40. The number of nitrogens with zero attached hydrogens (tertiary/aromatic N) is 1. The molecular weight excluding hydrogens is 194 g/mol. The van der Waals surface area contributed by atoms with Crippen molar-refractivity contribution in [2.75, 3.05) is 32.5 Å². The fraction of sp³-hybridized carbons (Fsp3) is 1.00. The lowest BCUT2D eigenvalue weighted by atomic mass is 9.96. The van der Waals surface area contributed by atoms with Gasteiger partial charge < -0.3 is 9.64 Å². The van der Waals surface area contributed by atoms with Crippen LogP contribution in [0.25, 0.3) is 0 Å². The van der Waals surface area contributed by atoms with Crippen LogP contribution in [0.15, 0.2) is 0 Å². The Morgan fingerprint density at radius 1 is 1.36 bits per heavy atom. The van der Waals surface area contributed by atoms with Crippen LogP contribution in [0, 0.1) is 5.41 Å². The molecule has 0 radical (unpaired) electrons. The second kappa shape index (κ2) is 6.70. The first-order valence-electron chi connectivity index (χ1n) is 5.28. The van der Waals surface area contributed by atoms with E-state index in [-0.39, 0.29) is 5.41 Å². The molecule has 0 fully saturated rings. The Morgan fingerprint density at radius 3 is 2.36 bits per heavy atom. The average Bonchev–Trinajstić information content (AvgIpc) is 2.02. The number of thiol groups is 1. The average molecular weight is 219 g/mol. The monoisotopic (exact) mass is 219 g/mol. The van der Waals surface area contributed by atoms with Crippen LogP contribution in [-0.4, -0.2) is 43.5 Å². The summed E-state index contributed by atoms with van der Waals surface area (Å²) in [6, 6.07) is 0. The van der Waals surface area contributed by atoms with Crippen LogP contribution in [0.5, 0.6) is 0 Å². The Hall–Kier alpha value is 0.270. The van der Waals surface area contributed by atoms with Gasteiger partial charge in [-0.2, -0.15) is 12.6 Å². The van der Waals surface area contributed by atoms with E-state index in [1.807, 2.05) is 0 Å². The quantitative estimate of drug-likeness (QED) is 0.660. The number of ether oxygens (including phenoxy) is 1. The molecule has 0 aliphatic rings. The van der Waals surface area contributed by atoms with Gasteiger partial charge in [0, 0.05) is 13.1 Å². The van der Waals surface area contributed by atoms with Crippen molar-refractivity contribution >= 4 is 12.6 Å². The zero-order valence-electron chi connectivity index (χ0n) is 10.2. The normalized spacial score (nSPS) is 12.9. The standard InChI is InChI=1S/C11H25NOS/c1-10(2)13-7-6-12(5)8-11(3,4)9-14/h10,14H,6-9H2,1-5H3. The van der Waals surface area contributed by atoms with Crippen LogP contribution in [0.4, 0.5) is 0 Å². The van der Waals surface area contributed by atoms with Gasteiger partial charge in [-0.3, -0.25) is 0 Å². The molecule has 0 amide bonds. The molecule has 0 aromatic rings. The summed E-state index contributed by atoms with van der Waals surface area (Å²) >= 11 is 4.34. The van der Waals surface area contributed by atoms with Crippen molar-refractivity contribution in [3.05, 3.63) is 0 Å². The van der Waals surface area contributed by atoms with Gasteiger partial charge in [0.05, 0.1) is 12.7 Å². The molecule has 2 nitrogen and oxygen atoms in total. The molecule has 0 aliphatic heterocycles. The summed E-state index contributed by atoms with van der Waals surface area (Å²) in [5, 5.41) is 0. The molecule has 0 aromatic carbocycles. The van der Waals surface area contributed by atoms with Crippen molar-refractivity contribution in [1.82, 2.24) is 4.90 Å². The third kappa shape index (κ3) is 7.65. The van der Waals surface area contributed by atoms with Crippen molar-refractivity contribution in [3.63, 3.8) is 0 Å². The van der Waals surface area contributed by atoms with Gasteiger partial charge in [-0.25, -0.2) is 0 Å². The molecule has 0 aliphatic carbocycles. The smallest absolute Gasteiger partial charge is 0.0596 e. The van der Waals surface area contributed by atoms with Gasteiger partial charge in [0.15, 0.2) is 0 Å². The highest BCUT2D eigenvalue weighted by Crippen LogP contribution is 2.17. The topological polar surface area (TPSA) is 12.5 Å². The Bertz CT molecular complexity index is 148. The second-order valence-corrected chi connectivity index (χ2v) is 5.30. The highest BCUT2D eigenvalue weighted by atomic mass is 32.1. The SMILES string of the molecule is CC(C)OCCN(C)CC(C)(C)CS. The Morgan fingerprint density at radius 2 is 1.93 bits per heavy atom. The van der Waals surface area contributed by atoms with Gasteiger partial charge >= 0.3 is 0 Å². The van der Waals surface area contributed by atoms with Gasteiger partial charge in [-0.1, -0.05) is 13.8 Å². The third-order valence-electron chi connectivity index (χ3n) is 2.05. The zero-order valence-corrected chi connectivity index (χ0v) is 11.1. The van der Waals surface area contributed by atoms with Crippen molar-refractivity contribution in [3.8, 4) is 0 Å². The fourth-order valence-electron chi connectivity index (χ4n) is 1.30. The van der Waals surface area contributed by atoms with Gasteiger partial charge in [-0.05, 0) is 32.1 Å². The summed E-state index contributed by atoms with van der Waals surface area (Å²) in [5.41, 5.74) is 0.287. The molecule has 0 bridgehead atoms. The highest BCUT2D eigenvalue weighted by molar-refractivity contribution is 7.80. The maximum Gasteiger partial charge on any atom is 0.0596 e. The number of hydrogen-bond donors (Lipinski definition) is 1. The van der Waals surface area contributed by atoms with Crippen LogP contribution < -0.4 is 0 Å². The maximum absolute atomic E-state index is 5.50. The summed E-state index contributed by atoms with van der Waals surface area (Å²) in [5.74, 6) is 0.919. The van der Waals surface area contributed by atoms with Crippen LogP contribution >= 0.6 is 12.6 Å². The molecule has 0 saturated heterocycles. The van der Waals surface area contributed by atoms with E-state index >= 15 is 0 Å². The van der Waals surface area contributed by atoms with E-state index in [1.54, 1.807) is 0 Å². The number of hydrogen-bond acceptors (Lipinski definition) is 3. The van der Waals surface area contributed by atoms with E-state index in [9.17, 15) is 0 Å². The molecule has 0 atom stereocenters. The van der Waals surface area contributed by atoms with E-state index in [2.05, 4.69) is 52.3 Å². The van der Waals surface area contributed by atoms with Crippen LogP contribution in [0.1, 0.15) is 27.7 Å². The first-order valence-corrected chi connectivity index (χ1v) is 5.91. The number of rotatable bonds is 7. The van der Waals surface area contributed by atoms with Crippen molar-refractivity contribution < 1.29 is 4.74 Å². The van der Waals surface area contributed by atoms with Gasteiger partial charge in [0.2, 0.25) is 0 Å². The van der Waals surface area contributed by atoms with E-state index in [0.29, 0.717) is 6.10 Å². The maximum atomic E-state index is 5.50. The first-order chi connectivity index (χ1) is 6.37. The molecular formula is C11H25NOS. The lowest BCUT2D eigenvalue weighted by molar-refractivity contribution is 0.0586. The van der Waals surface area contributed by atoms with E-state index in [0.717, 1.165) is 25.4 Å². The van der Waals surface area contributed by atoms with Gasteiger partial charge in [0.1, 0.15) is 0 Å². The summed E-state index contributed by atoms with van der Waals surface area (Å²) in [6.07, 6.45) is 0.335.